The average Bonchev–Trinajstić information content (AvgIpc) is 3.41. The molecule has 6 nitrogen and oxygen atoms in total. The number of hydrogen-bond acceptors (Lipinski definition) is 6. The van der Waals surface area contributed by atoms with Crippen molar-refractivity contribution >= 4 is 24.7 Å². The van der Waals surface area contributed by atoms with Gasteiger partial charge in [-0.2, -0.15) is 0 Å². The lowest BCUT2D eigenvalue weighted by Gasteiger charge is -2.63. The lowest BCUT2D eigenvalue weighted by Crippen LogP contribution is -2.67. The van der Waals surface area contributed by atoms with Crippen molar-refractivity contribution in [3.63, 3.8) is 0 Å². The molecule has 3 fully saturated rings. The highest BCUT2D eigenvalue weighted by Crippen LogP contribution is 2.69. The van der Waals surface area contributed by atoms with E-state index in [1.54, 1.807) is 7.11 Å². The molecule has 5 rings (SSSR count). The predicted molar refractivity (Wildman–Crippen MR) is 190 cm³/mol. The summed E-state index contributed by atoms with van der Waals surface area (Å²) in [5.41, 5.74) is -0.740. The smallest absolute Gasteiger partial charge is 0.331 e. The maximum absolute atomic E-state index is 14.3. The molecular weight excluding hydrogens is 605 g/mol. The Morgan fingerprint density at radius 2 is 1.53 bits per heavy atom. The molecule has 0 amide bonds. The summed E-state index contributed by atoms with van der Waals surface area (Å²) < 4.78 is 25.9. The van der Waals surface area contributed by atoms with Crippen LogP contribution in [0.3, 0.4) is 0 Å². The first-order valence-corrected chi connectivity index (χ1v) is 19.8. The van der Waals surface area contributed by atoms with Crippen molar-refractivity contribution in [2.45, 2.75) is 117 Å². The molecule has 260 valence electrons. The molecule has 0 aromatic heterocycles. The molecule has 0 saturated heterocycles. The Labute approximate surface area is 285 Å². The second-order valence-electron chi connectivity index (χ2n) is 16.5. The first-order valence-electron chi connectivity index (χ1n) is 17.9. The van der Waals surface area contributed by atoms with Gasteiger partial charge < -0.3 is 23.7 Å². The first-order chi connectivity index (χ1) is 22.2. The van der Waals surface area contributed by atoms with Crippen LogP contribution < -0.4 is 10.4 Å². The van der Waals surface area contributed by atoms with Crippen LogP contribution in [0.1, 0.15) is 93.9 Å². The summed E-state index contributed by atoms with van der Waals surface area (Å²) in [6.45, 7) is 18.2. The van der Waals surface area contributed by atoms with Crippen molar-refractivity contribution in [3.8, 4) is 0 Å². The molecule has 9 atom stereocenters. The van der Waals surface area contributed by atoms with E-state index in [0.717, 1.165) is 42.5 Å². The van der Waals surface area contributed by atoms with E-state index in [2.05, 4.69) is 104 Å². The Kier molecular flexibility index (Phi) is 10.6. The van der Waals surface area contributed by atoms with Gasteiger partial charge in [0.1, 0.15) is 19.5 Å². The van der Waals surface area contributed by atoms with E-state index in [1.165, 1.54) is 0 Å². The fourth-order valence-corrected chi connectivity index (χ4v) is 15.1. The Morgan fingerprint density at radius 3 is 2.06 bits per heavy atom. The van der Waals surface area contributed by atoms with Crippen LogP contribution in [0.5, 0.6) is 0 Å². The molecule has 3 aliphatic carbocycles. The highest BCUT2D eigenvalue weighted by Gasteiger charge is 2.68. The standard InChI is InChI=1S/C40H60O6Si/c1-10-38(7)25-33(39(8)28(2)21-23-40(24-22-32(41)35(39)40)29(3)36(38)44-27-43-9)46-34(42)26-45-47(37(4,5)6,30-17-13-11-14-18-30)31-19-15-12-16-20-31/h11-20,28-29,32-33,35-36,41H,10,21-27H2,1-9H3/t28-,29-,32-,33-,35?,36?,38-,39+,40+/m1/s1. The van der Waals surface area contributed by atoms with Gasteiger partial charge in [0, 0.05) is 12.5 Å². The molecule has 2 aromatic carbocycles. The van der Waals surface area contributed by atoms with Gasteiger partial charge in [0.05, 0.1) is 12.2 Å². The normalized spacial score (nSPS) is 35.9. The zero-order valence-electron chi connectivity index (χ0n) is 30.4. The number of carbonyl (C=O) groups excluding carboxylic acids is 1. The third-order valence-electron chi connectivity index (χ3n) is 13.3. The molecule has 3 saturated carbocycles. The van der Waals surface area contributed by atoms with Crippen LogP contribution in [0.25, 0.3) is 0 Å². The topological polar surface area (TPSA) is 74.2 Å². The Morgan fingerprint density at radius 1 is 0.957 bits per heavy atom. The summed E-state index contributed by atoms with van der Waals surface area (Å²) in [5.74, 6) is 0.195. The van der Waals surface area contributed by atoms with Gasteiger partial charge >= 0.3 is 5.97 Å². The largest absolute Gasteiger partial charge is 0.460 e. The predicted octanol–water partition coefficient (Wildman–Crippen LogP) is 7.11. The van der Waals surface area contributed by atoms with Gasteiger partial charge in [0.25, 0.3) is 8.32 Å². The van der Waals surface area contributed by atoms with Crippen LogP contribution in [0.4, 0.5) is 0 Å². The highest BCUT2D eigenvalue weighted by atomic mass is 28.4. The maximum atomic E-state index is 14.3. The average molecular weight is 665 g/mol. The van der Waals surface area contributed by atoms with Gasteiger partial charge in [-0.25, -0.2) is 4.79 Å². The van der Waals surface area contributed by atoms with Crippen LogP contribution in [0, 0.1) is 34.0 Å². The van der Waals surface area contributed by atoms with E-state index < -0.39 is 25.9 Å². The summed E-state index contributed by atoms with van der Waals surface area (Å²) in [7, 11) is -1.26. The third-order valence-corrected chi connectivity index (χ3v) is 18.3. The third kappa shape index (κ3) is 6.07. The van der Waals surface area contributed by atoms with Crippen molar-refractivity contribution in [1.29, 1.82) is 0 Å². The molecule has 0 spiro atoms. The Bertz CT molecular complexity index is 1310. The van der Waals surface area contributed by atoms with Crippen LogP contribution >= 0.6 is 0 Å². The second-order valence-corrected chi connectivity index (χ2v) is 20.9. The van der Waals surface area contributed by atoms with E-state index in [4.69, 9.17) is 18.6 Å². The van der Waals surface area contributed by atoms with Gasteiger partial charge in [-0.3, -0.25) is 0 Å². The molecule has 0 aliphatic heterocycles. The number of rotatable bonds is 10. The van der Waals surface area contributed by atoms with E-state index in [9.17, 15) is 9.90 Å². The van der Waals surface area contributed by atoms with Gasteiger partial charge in [-0.05, 0) is 82.5 Å². The number of hydrogen-bond donors (Lipinski definition) is 1. The van der Waals surface area contributed by atoms with E-state index in [-0.39, 0.29) is 59.1 Å². The van der Waals surface area contributed by atoms with Gasteiger partial charge in [0.15, 0.2) is 0 Å². The van der Waals surface area contributed by atoms with Gasteiger partial charge in [-0.15, -0.1) is 0 Å². The first kappa shape index (κ1) is 36.3. The molecule has 2 aromatic rings. The highest BCUT2D eigenvalue weighted by molar-refractivity contribution is 6.99. The van der Waals surface area contributed by atoms with Crippen molar-refractivity contribution in [3.05, 3.63) is 60.7 Å². The lowest BCUT2D eigenvalue weighted by atomic mass is 9.43. The quantitative estimate of drug-likeness (QED) is 0.166. The number of carbonyl (C=O) groups is 1. The van der Waals surface area contributed by atoms with E-state index >= 15 is 0 Å². The molecule has 47 heavy (non-hydrogen) atoms. The van der Waals surface area contributed by atoms with Crippen LogP contribution in [0.15, 0.2) is 60.7 Å². The van der Waals surface area contributed by atoms with Crippen LogP contribution in [-0.2, 0) is 23.4 Å². The molecule has 1 N–H and O–H groups in total. The van der Waals surface area contributed by atoms with Crippen molar-refractivity contribution in [1.82, 2.24) is 0 Å². The second kappa shape index (κ2) is 13.7. The minimum atomic E-state index is -2.93. The molecular formula is C40H60O6Si. The maximum Gasteiger partial charge on any atom is 0.331 e. The SMILES string of the molecule is CC[C@]1(C)C[C@@H](OC(=O)CO[Si](c2ccccc2)(c2ccccc2)C(C)(C)C)[C@@]2(C)C3[C@H](O)CC[C@@]3(CC[C@H]2C)[C@H](C)C1OCOC. The Hall–Kier alpha value is -2.03. The summed E-state index contributed by atoms with van der Waals surface area (Å²) in [5, 5.41) is 13.8. The van der Waals surface area contributed by atoms with Gasteiger partial charge in [0.2, 0.25) is 0 Å². The summed E-state index contributed by atoms with van der Waals surface area (Å²) in [4.78, 5) is 14.3. The molecule has 0 radical (unpaired) electrons. The van der Waals surface area contributed by atoms with Crippen LogP contribution in [0.2, 0.25) is 5.04 Å². The zero-order chi connectivity index (χ0) is 34.3. The fraction of sp³-hybridized carbons (Fsp3) is 0.675. The summed E-state index contributed by atoms with van der Waals surface area (Å²) in [6, 6.07) is 20.9. The molecule has 2 unspecified atom stereocenters. The van der Waals surface area contributed by atoms with Crippen molar-refractivity contribution in [2.24, 2.45) is 34.0 Å². The van der Waals surface area contributed by atoms with E-state index in [1.807, 2.05) is 12.1 Å². The molecule has 2 bridgehead atoms. The monoisotopic (exact) mass is 664 g/mol. The minimum absolute atomic E-state index is 0.0131. The molecule has 3 aliphatic rings. The number of aliphatic hydroxyl groups excluding tert-OH is 1. The number of aliphatic hydroxyl groups is 1. The zero-order valence-corrected chi connectivity index (χ0v) is 31.4. The van der Waals surface area contributed by atoms with E-state index in [0.29, 0.717) is 6.42 Å². The lowest BCUT2D eigenvalue weighted by molar-refractivity contribution is -0.242. The number of esters is 1. The van der Waals surface area contributed by atoms with Crippen molar-refractivity contribution in [2.75, 3.05) is 20.5 Å². The molecule has 0 heterocycles. The van der Waals surface area contributed by atoms with Crippen LogP contribution in [-0.4, -0.2) is 58.2 Å². The van der Waals surface area contributed by atoms with Gasteiger partial charge in [-0.1, -0.05) is 116 Å². The fourth-order valence-electron chi connectivity index (χ4n) is 10.6. The minimum Gasteiger partial charge on any atom is -0.460 e. The number of benzene rings is 2. The summed E-state index contributed by atoms with van der Waals surface area (Å²) >= 11 is 0. The summed E-state index contributed by atoms with van der Waals surface area (Å²) in [6.07, 6.45) is 4.45. The molecule has 7 heteroatoms. The number of ether oxygens (including phenoxy) is 3. The Balaban J connectivity index is 1.54. The van der Waals surface area contributed by atoms with Crippen molar-refractivity contribution < 1.29 is 28.5 Å². The number of methoxy groups -OCH3 is 1.